The zero-order valence-electron chi connectivity index (χ0n) is 10.8. The Bertz CT molecular complexity index is 371. The molecular formula is C12H21N5. The topological polar surface area (TPSA) is 53.1 Å². The van der Waals surface area contributed by atoms with Crippen molar-refractivity contribution in [1.29, 1.82) is 0 Å². The summed E-state index contributed by atoms with van der Waals surface area (Å²) in [7, 11) is 4.01. The molecule has 1 fully saturated rings. The van der Waals surface area contributed by atoms with Gasteiger partial charge in [-0.1, -0.05) is 0 Å². The van der Waals surface area contributed by atoms with E-state index >= 15 is 0 Å². The summed E-state index contributed by atoms with van der Waals surface area (Å²) in [4.78, 5) is 11.0. The van der Waals surface area contributed by atoms with Crippen LogP contribution in [0.25, 0.3) is 0 Å². The van der Waals surface area contributed by atoms with Gasteiger partial charge in [-0.25, -0.2) is 4.98 Å². The van der Waals surface area contributed by atoms with E-state index in [2.05, 4.69) is 32.5 Å². The van der Waals surface area contributed by atoms with Gasteiger partial charge in [-0.3, -0.25) is 0 Å². The van der Waals surface area contributed by atoms with E-state index in [4.69, 9.17) is 0 Å². The van der Waals surface area contributed by atoms with Crippen molar-refractivity contribution in [3.8, 4) is 0 Å². The van der Waals surface area contributed by atoms with Crippen LogP contribution in [-0.4, -0.2) is 48.1 Å². The molecule has 1 aromatic heterocycles. The van der Waals surface area contributed by atoms with E-state index in [1.165, 1.54) is 12.8 Å². The molecule has 0 unspecified atom stereocenters. The van der Waals surface area contributed by atoms with Crippen molar-refractivity contribution in [2.45, 2.75) is 25.8 Å². The maximum atomic E-state index is 4.46. The molecule has 5 nitrogen and oxygen atoms in total. The maximum Gasteiger partial charge on any atom is 0.224 e. The van der Waals surface area contributed by atoms with Crippen molar-refractivity contribution < 1.29 is 0 Å². The van der Waals surface area contributed by atoms with Crippen LogP contribution in [0.5, 0.6) is 0 Å². The zero-order valence-corrected chi connectivity index (χ0v) is 10.8. The first-order chi connectivity index (χ1) is 8.19. The maximum absolute atomic E-state index is 4.46. The quantitative estimate of drug-likeness (QED) is 0.828. The standard InChI is InChI=1S/C12H21N5/c1-9-8-14-12(13-2)16-11(9)15-10-4-6-17(3)7-5-10/h8,10H,4-7H2,1-3H3,(H2,13,14,15,16). The molecule has 0 radical (unpaired) electrons. The van der Waals surface area contributed by atoms with Crippen molar-refractivity contribution >= 4 is 11.8 Å². The summed E-state index contributed by atoms with van der Waals surface area (Å²) in [5.74, 6) is 1.63. The highest BCUT2D eigenvalue weighted by Crippen LogP contribution is 2.18. The second kappa shape index (κ2) is 5.31. The first-order valence-electron chi connectivity index (χ1n) is 6.15. The smallest absolute Gasteiger partial charge is 0.224 e. The number of likely N-dealkylation sites (tertiary alicyclic amines) is 1. The van der Waals surface area contributed by atoms with Crippen LogP contribution in [0, 0.1) is 6.92 Å². The Morgan fingerprint density at radius 3 is 2.71 bits per heavy atom. The first kappa shape index (κ1) is 12.1. The van der Waals surface area contributed by atoms with Gasteiger partial charge in [-0.2, -0.15) is 4.98 Å². The van der Waals surface area contributed by atoms with Crippen LogP contribution in [0.1, 0.15) is 18.4 Å². The van der Waals surface area contributed by atoms with Gasteiger partial charge in [0.05, 0.1) is 0 Å². The summed E-state index contributed by atoms with van der Waals surface area (Å²) >= 11 is 0. The molecule has 17 heavy (non-hydrogen) atoms. The van der Waals surface area contributed by atoms with Crippen LogP contribution in [0.15, 0.2) is 6.20 Å². The average molecular weight is 235 g/mol. The summed E-state index contributed by atoms with van der Waals surface area (Å²) in [5.41, 5.74) is 1.10. The number of nitrogens with one attached hydrogen (secondary N) is 2. The van der Waals surface area contributed by atoms with Crippen LogP contribution < -0.4 is 10.6 Å². The molecule has 0 spiro atoms. The van der Waals surface area contributed by atoms with Crippen LogP contribution in [0.2, 0.25) is 0 Å². The lowest BCUT2D eigenvalue weighted by Crippen LogP contribution is -2.37. The SMILES string of the molecule is CNc1ncc(C)c(NC2CCN(C)CC2)n1. The fourth-order valence-corrected chi connectivity index (χ4v) is 2.05. The van der Waals surface area contributed by atoms with Crippen molar-refractivity contribution in [3.05, 3.63) is 11.8 Å². The van der Waals surface area contributed by atoms with E-state index < -0.39 is 0 Å². The number of hydrogen-bond acceptors (Lipinski definition) is 5. The molecule has 94 valence electrons. The molecule has 2 N–H and O–H groups in total. The fourth-order valence-electron chi connectivity index (χ4n) is 2.05. The number of aryl methyl sites for hydroxylation is 1. The molecule has 0 bridgehead atoms. The second-order valence-electron chi connectivity index (χ2n) is 4.70. The zero-order chi connectivity index (χ0) is 12.3. The molecule has 5 heteroatoms. The number of hydrogen-bond donors (Lipinski definition) is 2. The number of nitrogens with zero attached hydrogens (tertiary/aromatic N) is 3. The van der Waals surface area contributed by atoms with Crippen LogP contribution in [0.4, 0.5) is 11.8 Å². The Morgan fingerprint density at radius 1 is 1.35 bits per heavy atom. The summed E-state index contributed by atoms with van der Waals surface area (Å²) < 4.78 is 0. The molecule has 0 aliphatic carbocycles. The third-order valence-corrected chi connectivity index (χ3v) is 3.25. The summed E-state index contributed by atoms with van der Waals surface area (Å²) in [6.07, 6.45) is 4.21. The second-order valence-corrected chi connectivity index (χ2v) is 4.70. The monoisotopic (exact) mass is 235 g/mol. The van der Waals surface area contributed by atoms with Gasteiger partial charge >= 0.3 is 0 Å². The van der Waals surface area contributed by atoms with Gasteiger partial charge in [-0.15, -0.1) is 0 Å². The number of aromatic nitrogens is 2. The van der Waals surface area contributed by atoms with E-state index in [-0.39, 0.29) is 0 Å². The Morgan fingerprint density at radius 2 is 2.06 bits per heavy atom. The van der Waals surface area contributed by atoms with Crippen molar-refractivity contribution in [1.82, 2.24) is 14.9 Å². The molecular weight excluding hydrogens is 214 g/mol. The highest BCUT2D eigenvalue weighted by atomic mass is 15.2. The van der Waals surface area contributed by atoms with Gasteiger partial charge in [0.15, 0.2) is 0 Å². The molecule has 0 atom stereocenters. The number of piperidine rings is 1. The van der Waals surface area contributed by atoms with Crippen molar-refractivity contribution in [2.24, 2.45) is 0 Å². The lowest BCUT2D eigenvalue weighted by atomic mass is 10.1. The predicted molar refractivity (Wildman–Crippen MR) is 70.5 cm³/mol. The number of rotatable bonds is 3. The highest BCUT2D eigenvalue weighted by Gasteiger charge is 2.17. The van der Waals surface area contributed by atoms with Crippen LogP contribution in [-0.2, 0) is 0 Å². The molecule has 0 aromatic carbocycles. The number of anilines is 2. The molecule has 0 amide bonds. The summed E-state index contributed by atoms with van der Waals surface area (Å²) in [5, 5.41) is 6.50. The average Bonchev–Trinajstić information content (AvgIpc) is 2.35. The van der Waals surface area contributed by atoms with Gasteiger partial charge in [0.1, 0.15) is 5.82 Å². The Hall–Kier alpha value is -1.36. The lowest BCUT2D eigenvalue weighted by molar-refractivity contribution is 0.263. The molecule has 2 heterocycles. The highest BCUT2D eigenvalue weighted by molar-refractivity contribution is 5.46. The minimum absolute atomic E-state index is 0.532. The van der Waals surface area contributed by atoms with E-state index in [0.29, 0.717) is 12.0 Å². The molecule has 2 rings (SSSR count). The Labute approximate surface area is 103 Å². The fraction of sp³-hybridized carbons (Fsp3) is 0.667. The predicted octanol–water partition coefficient (Wildman–Crippen LogP) is 1.33. The largest absolute Gasteiger partial charge is 0.367 e. The molecule has 0 saturated carbocycles. The van der Waals surface area contributed by atoms with E-state index in [1.54, 1.807) is 0 Å². The molecule has 1 saturated heterocycles. The minimum Gasteiger partial charge on any atom is -0.367 e. The van der Waals surface area contributed by atoms with Gasteiger partial charge < -0.3 is 15.5 Å². The van der Waals surface area contributed by atoms with Gasteiger partial charge in [-0.05, 0) is 39.9 Å². The van der Waals surface area contributed by atoms with E-state index in [0.717, 1.165) is 24.5 Å². The van der Waals surface area contributed by atoms with E-state index in [9.17, 15) is 0 Å². The summed E-state index contributed by atoms with van der Waals surface area (Å²) in [6.45, 7) is 4.35. The molecule has 1 aliphatic rings. The third-order valence-electron chi connectivity index (χ3n) is 3.25. The Balaban J connectivity index is 2.02. The first-order valence-corrected chi connectivity index (χ1v) is 6.15. The third kappa shape index (κ3) is 3.06. The normalized spacial score (nSPS) is 18.1. The molecule has 1 aliphatic heterocycles. The van der Waals surface area contributed by atoms with Gasteiger partial charge in [0.2, 0.25) is 5.95 Å². The van der Waals surface area contributed by atoms with E-state index in [1.807, 2.05) is 20.2 Å². The van der Waals surface area contributed by atoms with Crippen molar-refractivity contribution in [2.75, 3.05) is 37.8 Å². The van der Waals surface area contributed by atoms with Crippen LogP contribution in [0.3, 0.4) is 0 Å². The van der Waals surface area contributed by atoms with Crippen LogP contribution >= 0.6 is 0 Å². The Kier molecular flexibility index (Phi) is 3.78. The van der Waals surface area contributed by atoms with Gasteiger partial charge in [0, 0.05) is 24.8 Å². The van der Waals surface area contributed by atoms with Gasteiger partial charge in [0.25, 0.3) is 0 Å². The molecule has 1 aromatic rings. The summed E-state index contributed by atoms with van der Waals surface area (Å²) in [6, 6.07) is 0.532. The lowest BCUT2D eigenvalue weighted by Gasteiger charge is -2.30. The van der Waals surface area contributed by atoms with Crippen molar-refractivity contribution in [3.63, 3.8) is 0 Å². The minimum atomic E-state index is 0.532.